The van der Waals surface area contributed by atoms with Gasteiger partial charge in [-0.15, -0.1) is 0 Å². The highest BCUT2D eigenvalue weighted by atomic mass is 16.2. The Balaban J connectivity index is 1.31. The summed E-state index contributed by atoms with van der Waals surface area (Å²) in [7, 11) is 0. The molecule has 3 atom stereocenters. The lowest BCUT2D eigenvalue weighted by molar-refractivity contribution is -0.125. The van der Waals surface area contributed by atoms with E-state index in [1.54, 1.807) is 0 Å². The Kier molecular flexibility index (Phi) is 5.68. The highest BCUT2D eigenvalue weighted by Crippen LogP contribution is 2.40. The van der Waals surface area contributed by atoms with Crippen molar-refractivity contribution in [2.45, 2.75) is 57.7 Å². The van der Waals surface area contributed by atoms with Crippen LogP contribution in [0.2, 0.25) is 0 Å². The van der Waals surface area contributed by atoms with Crippen LogP contribution in [0.1, 0.15) is 48.3 Å². The minimum atomic E-state index is -0.392. The van der Waals surface area contributed by atoms with Gasteiger partial charge < -0.3 is 14.8 Å². The van der Waals surface area contributed by atoms with Gasteiger partial charge in [-0.05, 0) is 56.4 Å². The van der Waals surface area contributed by atoms with E-state index in [-0.39, 0.29) is 17.9 Å². The summed E-state index contributed by atoms with van der Waals surface area (Å²) in [5, 5.41) is 3.12. The Hall–Kier alpha value is -3.15. The molecule has 1 saturated heterocycles. The largest absolute Gasteiger partial charge is 0.353 e. The summed E-state index contributed by atoms with van der Waals surface area (Å²) in [5.74, 6) is 1.31. The maximum absolute atomic E-state index is 13.4. The number of para-hydroxylation sites is 2. The van der Waals surface area contributed by atoms with Crippen LogP contribution in [0, 0.1) is 12.8 Å². The topological polar surface area (TPSA) is 67.2 Å². The fraction of sp³-hybridized carbons (Fsp3) is 0.423. The molecule has 2 amide bonds. The third kappa shape index (κ3) is 3.78. The zero-order valence-corrected chi connectivity index (χ0v) is 18.5. The lowest BCUT2D eigenvalue weighted by atomic mass is 9.84. The van der Waals surface area contributed by atoms with Gasteiger partial charge in [0, 0.05) is 24.7 Å². The normalized spacial score (nSPS) is 22.7. The number of benzene rings is 2. The predicted octanol–water partition coefficient (Wildman–Crippen LogP) is 3.93. The van der Waals surface area contributed by atoms with Gasteiger partial charge in [-0.2, -0.15) is 0 Å². The summed E-state index contributed by atoms with van der Waals surface area (Å²) in [5.41, 5.74) is 2.71. The number of hydrogen-bond donors (Lipinski definition) is 1. The molecular formula is C26H30N4O2. The van der Waals surface area contributed by atoms with E-state index >= 15 is 0 Å². The highest BCUT2D eigenvalue weighted by Gasteiger charge is 2.47. The number of aromatic nitrogens is 2. The number of nitrogens with zero attached hydrogens (tertiary/aromatic N) is 3. The number of carbonyl (C=O) groups excluding carboxylic acids is 2. The van der Waals surface area contributed by atoms with E-state index in [0.717, 1.165) is 42.5 Å². The monoisotopic (exact) mass is 430 g/mol. The van der Waals surface area contributed by atoms with Crippen molar-refractivity contribution in [2.24, 2.45) is 5.92 Å². The van der Waals surface area contributed by atoms with Crippen LogP contribution in [-0.2, 0) is 11.3 Å². The van der Waals surface area contributed by atoms with Gasteiger partial charge in [0.15, 0.2) is 0 Å². The molecule has 0 radical (unpaired) electrons. The van der Waals surface area contributed by atoms with Crippen LogP contribution in [0.15, 0.2) is 54.6 Å². The average Bonchev–Trinajstić information content (AvgIpc) is 3.37. The first-order valence-corrected chi connectivity index (χ1v) is 11.7. The molecule has 1 aromatic heterocycles. The van der Waals surface area contributed by atoms with E-state index < -0.39 is 6.04 Å². The SMILES string of the molecule is Cc1nc2ccccc2n1CCNC(=O)C1CC2CCCCC2N1C(=O)c1ccccc1. The molecule has 6 nitrogen and oxygen atoms in total. The van der Waals surface area contributed by atoms with Gasteiger partial charge in [0.25, 0.3) is 5.91 Å². The molecule has 1 aliphatic carbocycles. The molecule has 1 aliphatic heterocycles. The molecule has 6 heteroatoms. The first-order chi connectivity index (χ1) is 15.6. The minimum Gasteiger partial charge on any atom is -0.353 e. The van der Waals surface area contributed by atoms with Gasteiger partial charge in [0.2, 0.25) is 5.91 Å². The van der Waals surface area contributed by atoms with Crippen LogP contribution in [0.25, 0.3) is 11.0 Å². The van der Waals surface area contributed by atoms with Crippen molar-refractivity contribution >= 4 is 22.8 Å². The second-order valence-electron chi connectivity index (χ2n) is 9.03. The standard InChI is InChI=1S/C26H30N4O2/c1-18-28-21-12-6-8-14-23(21)29(18)16-15-27-25(31)24-17-20-11-5-7-13-22(20)30(24)26(32)19-9-3-2-4-10-19/h2-4,6,8-10,12,14,20,22,24H,5,7,11,13,15-17H2,1H3,(H,27,31). The Bertz CT molecular complexity index is 1120. The summed E-state index contributed by atoms with van der Waals surface area (Å²) >= 11 is 0. The maximum atomic E-state index is 13.4. The Morgan fingerprint density at radius 1 is 1.03 bits per heavy atom. The third-order valence-electron chi connectivity index (χ3n) is 7.13. The molecule has 2 fully saturated rings. The van der Waals surface area contributed by atoms with Crippen molar-refractivity contribution in [3.63, 3.8) is 0 Å². The van der Waals surface area contributed by atoms with E-state index in [0.29, 0.717) is 24.6 Å². The van der Waals surface area contributed by atoms with Gasteiger partial charge in [-0.1, -0.05) is 43.2 Å². The van der Waals surface area contributed by atoms with E-state index in [2.05, 4.69) is 20.9 Å². The fourth-order valence-electron chi connectivity index (χ4n) is 5.60. The second kappa shape index (κ2) is 8.77. The summed E-state index contributed by atoms with van der Waals surface area (Å²) in [6, 6.07) is 17.2. The smallest absolute Gasteiger partial charge is 0.254 e. The number of likely N-dealkylation sites (tertiary alicyclic amines) is 1. The molecule has 166 valence electrons. The summed E-state index contributed by atoms with van der Waals surface area (Å²) < 4.78 is 2.14. The lowest BCUT2D eigenvalue weighted by Crippen LogP contribution is -2.50. The summed E-state index contributed by atoms with van der Waals surface area (Å²) in [6.45, 7) is 3.16. The molecule has 5 rings (SSSR count). The number of aryl methyl sites for hydroxylation is 1. The molecule has 0 spiro atoms. The zero-order chi connectivity index (χ0) is 22.1. The van der Waals surface area contributed by atoms with Crippen LogP contribution < -0.4 is 5.32 Å². The van der Waals surface area contributed by atoms with Gasteiger partial charge >= 0.3 is 0 Å². The van der Waals surface area contributed by atoms with E-state index in [1.165, 1.54) is 6.42 Å². The third-order valence-corrected chi connectivity index (χ3v) is 7.13. The molecule has 1 saturated carbocycles. The van der Waals surface area contributed by atoms with E-state index in [1.807, 2.05) is 60.4 Å². The number of rotatable bonds is 5. The van der Waals surface area contributed by atoms with Crippen LogP contribution in [0.5, 0.6) is 0 Å². The van der Waals surface area contributed by atoms with Crippen LogP contribution in [0.3, 0.4) is 0 Å². The number of carbonyl (C=O) groups is 2. The summed E-state index contributed by atoms with van der Waals surface area (Å²) in [6.07, 6.45) is 5.18. The Morgan fingerprint density at radius 3 is 2.62 bits per heavy atom. The van der Waals surface area contributed by atoms with Gasteiger partial charge in [0.05, 0.1) is 11.0 Å². The van der Waals surface area contributed by atoms with Gasteiger partial charge in [-0.25, -0.2) is 4.98 Å². The number of fused-ring (bicyclic) bond motifs is 2. The molecular weight excluding hydrogens is 400 g/mol. The first kappa shape index (κ1) is 20.7. The maximum Gasteiger partial charge on any atom is 0.254 e. The number of nitrogens with one attached hydrogen (secondary N) is 1. The molecule has 2 aromatic carbocycles. The molecule has 0 bridgehead atoms. The van der Waals surface area contributed by atoms with Crippen molar-refractivity contribution in [1.82, 2.24) is 19.8 Å². The first-order valence-electron chi connectivity index (χ1n) is 11.7. The minimum absolute atomic E-state index is 0.0170. The van der Waals surface area contributed by atoms with Crippen LogP contribution in [0.4, 0.5) is 0 Å². The number of imidazole rings is 1. The van der Waals surface area contributed by atoms with Crippen molar-refractivity contribution < 1.29 is 9.59 Å². The molecule has 32 heavy (non-hydrogen) atoms. The molecule has 2 aliphatic rings. The van der Waals surface area contributed by atoms with Gasteiger partial charge in [-0.3, -0.25) is 9.59 Å². The zero-order valence-electron chi connectivity index (χ0n) is 18.5. The predicted molar refractivity (Wildman–Crippen MR) is 124 cm³/mol. The van der Waals surface area contributed by atoms with Crippen molar-refractivity contribution in [3.8, 4) is 0 Å². The van der Waals surface area contributed by atoms with Crippen molar-refractivity contribution in [1.29, 1.82) is 0 Å². The fourth-order valence-corrected chi connectivity index (χ4v) is 5.60. The van der Waals surface area contributed by atoms with Crippen LogP contribution in [-0.4, -0.2) is 44.9 Å². The highest BCUT2D eigenvalue weighted by molar-refractivity contribution is 5.98. The Morgan fingerprint density at radius 2 is 1.78 bits per heavy atom. The molecule has 1 N–H and O–H groups in total. The van der Waals surface area contributed by atoms with Crippen molar-refractivity contribution in [3.05, 3.63) is 66.0 Å². The Labute approximate surface area is 188 Å². The van der Waals surface area contributed by atoms with E-state index in [9.17, 15) is 9.59 Å². The summed E-state index contributed by atoms with van der Waals surface area (Å²) in [4.78, 5) is 33.2. The molecule has 3 aromatic rings. The number of amides is 2. The number of hydrogen-bond acceptors (Lipinski definition) is 3. The van der Waals surface area contributed by atoms with Crippen molar-refractivity contribution in [2.75, 3.05) is 6.54 Å². The quantitative estimate of drug-likeness (QED) is 0.667. The second-order valence-corrected chi connectivity index (χ2v) is 9.03. The van der Waals surface area contributed by atoms with Gasteiger partial charge in [0.1, 0.15) is 11.9 Å². The molecule has 3 unspecified atom stereocenters. The lowest BCUT2D eigenvalue weighted by Gasteiger charge is -2.33. The van der Waals surface area contributed by atoms with Crippen LogP contribution >= 0.6 is 0 Å². The molecule has 2 heterocycles. The van der Waals surface area contributed by atoms with E-state index in [4.69, 9.17) is 0 Å². The average molecular weight is 431 g/mol.